The van der Waals surface area contributed by atoms with Crippen LogP contribution in [0.15, 0.2) is 54.6 Å². The summed E-state index contributed by atoms with van der Waals surface area (Å²) in [6.07, 6.45) is -3.30. The van der Waals surface area contributed by atoms with E-state index < -0.39 is 53.8 Å². The Bertz CT molecular complexity index is 1130. The van der Waals surface area contributed by atoms with Gasteiger partial charge in [-0.15, -0.1) is 0 Å². The molecule has 0 fully saturated rings. The molecule has 11 heteroatoms. The highest BCUT2D eigenvalue weighted by Crippen LogP contribution is 2.16. The molecule has 0 saturated carbocycles. The van der Waals surface area contributed by atoms with E-state index in [1.807, 2.05) is 42.5 Å². The zero-order chi connectivity index (χ0) is 32.9. The summed E-state index contributed by atoms with van der Waals surface area (Å²) in [7, 11) is 0. The number of rotatable bonds is 15. The minimum absolute atomic E-state index is 0.0393. The van der Waals surface area contributed by atoms with Gasteiger partial charge in [-0.05, 0) is 84.6 Å². The fourth-order valence-corrected chi connectivity index (χ4v) is 4.21. The third kappa shape index (κ3) is 15.4. The lowest BCUT2D eigenvalue weighted by molar-refractivity contribution is 0.0399. The van der Waals surface area contributed by atoms with Crippen LogP contribution >= 0.6 is 0 Å². The number of aliphatic hydroxyl groups excluding tert-OH is 3. The van der Waals surface area contributed by atoms with E-state index in [-0.39, 0.29) is 26.1 Å². The average Bonchev–Trinajstić information content (AvgIpc) is 2.90. The maximum Gasteiger partial charge on any atom is 0.407 e. The van der Waals surface area contributed by atoms with Gasteiger partial charge in [0.05, 0.1) is 30.4 Å². The summed E-state index contributed by atoms with van der Waals surface area (Å²) in [5, 5.41) is 40.2. The monoisotopic (exact) mass is 617 g/mol. The number of nitrogens with one attached hydrogen (secondary N) is 3. The van der Waals surface area contributed by atoms with E-state index in [2.05, 4.69) is 16.0 Å². The predicted octanol–water partition coefficient (Wildman–Crippen LogP) is 3.33. The molecule has 44 heavy (non-hydrogen) atoms. The normalized spacial score (nSPS) is 15.3. The number of hydrogen-bond acceptors (Lipinski definition) is 9. The minimum Gasteiger partial charge on any atom is -0.491 e. The number of aliphatic hydroxyl groups is 3. The van der Waals surface area contributed by atoms with Crippen molar-refractivity contribution < 1.29 is 39.1 Å². The number of alkyl carbamates (subject to hydrolysis) is 2. The SMILES string of the molecule is CC(O)COc1ccc(C[C@@H](NC(=O)OC(C)(C)C)[C@@H](O)CNC[C@@H](O)[C@H](Cc2ccccc2)NC(=O)OC(C)(C)C)cc1. The lowest BCUT2D eigenvalue weighted by Gasteiger charge is -2.29. The molecule has 2 aromatic rings. The minimum atomic E-state index is -1.05. The van der Waals surface area contributed by atoms with Gasteiger partial charge in [0.15, 0.2) is 0 Å². The first-order valence-electron chi connectivity index (χ1n) is 15.0. The van der Waals surface area contributed by atoms with Gasteiger partial charge >= 0.3 is 12.2 Å². The van der Waals surface area contributed by atoms with E-state index in [1.165, 1.54) is 0 Å². The van der Waals surface area contributed by atoms with Gasteiger partial charge in [0.1, 0.15) is 23.6 Å². The number of carbonyl (C=O) groups is 2. The quantitative estimate of drug-likeness (QED) is 0.176. The molecular weight excluding hydrogens is 566 g/mol. The molecule has 2 amide bonds. The number of ether oxygens (including phenoxy) is 3. The molecule has 11 nitrogen and oxygen atoms in total. The van der Waals surface area contributed by atoms with Crippen LogP contribution in [-0.2, 0) is 22.3 Å². The standard InChI is InChI=1S/C33H51N3O8/c1-22(37)21-42-25-15-13-24(14-16-25)18-27(36-31(41)44-33(5,6)7)29(39)20-34-19-28(38)26(17-23-11-9-8-10-12-23)35-30(40)43-32(2,3)4/h8-16,22,26-29,34,37-39H,17-21H2,1-7H3,(H,35,40)(H,36,41)/t22?,26-,27+,28+,29-/m0/s1. The fraction of sp³-hybridized carbons (Fsp3) is 0.576. The van der Waals surface area contributed by atoms with Crippen LogP contribution in [0.4, 0.5) is 9.59 Å². The average molecular weight is 618 g/mol. The third-order valence-corrected chi connectivity index (χ3v) is 6.21. The Kier molecular flexibility index (Phi) is 14.4. The maximum atomic E-state index is 12.6. The first kappa shape index (κ1) is 36.8. The summed E-state index contributed by atoms with van der Waals surface area (Å²) in [5.74, 6) is 0.590. The molecule has 0 aliphatic rings. The van der Waals surface area contributed by atoms with Crippen molar-refractivity contribution in [3.05, 3.63) is 65.7 Å². The Morgan fingerprint density at radius 2 is 1.14 bits per heavy atom. The van der Waals surface area contributed by atoms with Crippen LogP contribution in [0.5, 0.6) is 5.75 Å². The summed E-state index contributed by atoms with van der Waals surface area (Å²) < 4.78 is 16.3. The van der Waals surface area contributed by atoms with Crippen molar-refractivity contribution >= 4 is 12.2 Å². The molecule has 0 spiro atoms. The van der Waals surface area contributed by atoms with Gasteiger partial charge < -0.3 is 45.5 Å². The summed E-state index contributed by atoms with van der Waals surface area (Å²) >= 11 is 0. The molecular formula is C33H51N3O8. The molecule has 0 aliphatic heterocycles. The van der Waals surface area contributed by atoms with Crippen molar-refractivity contribution in [2.45, 2.75) is 103 Å². The zero-order valence-corrected chi connectivity index (χ0v) is 27.0. The second kappa shape index (κ2) is 17.2. The third-order valence-electron chi connectivity index (χ3n) is 6.21. The second-order valence-corrected chi connectivity index (χ2v) is 13.0. The Hall–Kier alpha value is -3.38. The van der Waals surface area contributed by atoms with Crippen LogP contribution in [0.25, 0.3) is 0 Å². The summed E-state index contributed by atoms with van der Waals surface area (Å²) in [4.78, 5) is 25.1. The molecule has 0 saturated heterocycles. The molecule has 2 rings (SSSR count). The zero-order valence-electron chi connectivity index (χ0n) is 27.0. The van der Waals surface area contributed by atoms with Crippen molar-refractivity contribution in [1.82, 2.24) is 16.0 Å². The van der Waals surface area contributed by atoms with Gasteiger partial charge in [0.2, 0.25) is 0 Å². The van der Waals surface area contributed by atoms with Gasteiger partial charge in [-0.3, -0.25) is 0 Å². The summed E-state index contributed by atoms with van der Waals surface area (Å²) in [6.45, 7) is 12.4. The van der Waals surface area contributed by atoms with E-state index in [0.717, 1.165) is 11.1 Å². The maximum absolute atomic E-state index is 12.6. The molecule has 6 N–H and O–H groups in total. The van der Waals surface area contributed by atoms with Crippen molar-refractivity contribution in [1.29, 1.82) is 0 Å². The second-order valence-electron chi connectivity index (χ2n) is 13.0. The molecule has 0 aromatic heterocycles. The molecule has 1 unspecified atom stereocenters. The van der Waals surface area contributed by atoms with E-state index >= 15 is 0 Å². The Labute approximate surface area is 261 Å². The topological polar surface area (TPSA) is 159 Å². The largest absolute Gasteiger partial charge is 0.491 e. The first-order chi connectivity index (χ1) is 20.5. The smallest absolute Gasteiger partial charge is 0.407 e. The van der Waals surface area contributed by atoms with Crippen LogP contribution < -0.4 is 20.7 Å². The van der Waals surface area contributed by atoms with Gasteiger partial charge in [0.25, 0.3) is 0 Å². The first-order valence-corrected chi connectivity index (χ1v) is 15.0. The predicted molar refractivity (Wildman–Crippen MR) is 169 cm³/mol. The van der Waals surface area contributed by atoms with Crippen molar-refractivity contribution in [3.8, 4) is 5.75 Å². The van der Waals surface area contributed by atoms with E-state index in [9.17, 15) is 24.9 Å². The molecule has 0 radical (unpaired) electrons. The van der Waals surface area contributed by atoms with Crippen LogP contribution in [-0.4, -0.2) is 88.8 Å². The van der Waals surface area contributed by atoms with E-state index in [4.69, 9.17) is 14.2 Å². The highest BCUT2D eigenvalue weighted by molar-refractivity contribution is 5.68. The number of benzene rings is 2. The molecule has 0 bridgehead atoms. The van der Waals surface area contributed by atoms with Crippen LogP contribution in [0.2, 0.25) is 0 Å². The Morgan fingerprint density at radius 3 is 1.55 bits per heavy atom. The van der Waals surface area contributed by atoms with Gasteiger partial charge in [-0.1, -0.05) is 42.5 Å². The van der Waals surface area contributed by atoms with Gasteiger partial charge in [-0.2, -0.15) is 0 Å². The Balaban J connectivity index is 2.07. The molecule has 0 aliphatic carbocycles. The lowest BCUT2D eigenvalue weighted by Crippen LogP contribution is -2.53. The summed E-state index contributed by atoms with van der Waals surface area (Å²) in [5.41, 5.74) is 0.339. The fourth-order valence-electron chi connectivity index (χ4n) is 4.21. The number of carbonyl (C=O) groups excluding carboxylic acids is 2. The highest BCUT2D eigenvalue weighted by atomic mass is 16.6. The van der Waals surface area contributed by atoms with Gasteiger partial charge in [0, 0.05) is 13.1 Å². The van der Waals surface area contributed by atoms with Crippen LogP contribution in [0.1, 0.15) is 59.6 Å². The van der Waals surface area contributed by atoms with Crippen molar-refractivity contribution in [3.63, 3.8) is 0 Å². The van der Waals surface area contributed by atoms with Crippen molar-refractivity contribution in [2.24, 2.45) is 0 Å². The van der Waals surface area contributed by atoms with Crippen LogP contribution in [0, 0.1) is 0 Å². The molecule has 246 valence electrons. The molecule has 5 atom stereocenters. The van der Waals surface area contributed by atoms with Gasteiger partial charge in [-0.25, -0.2) is 9.59 Å². The van der Waals surface area contributed by atoms with E-state index in [0.29, 0.717) is 12.2 Å². The van der Waals surface area contributed by atoms with Crippen LogP contribution in [0.3, 0.4) is 0 Å². The van der Waals surface area contributed by atoms with E-state index in [1.54, 1.807) is 60.6 Å². The van der Waals surface area contributed by atoms with Crippen molar-refractivity contribution in [2.75, 3.05) is 19.7 Å². The summed E-state index contributed by atoms with van der Waals surface area (Å²) in [6, 6.07) is 15.2. The molecule has 0 heterocycles. The lowest BCUT2D eigenvalue weighted by atomic mass is 10.00. The number of amides is 2. The highest BCUT2D eigenvalue weighted by Gasteiger charge is 2.27. The Morgan fingerprint density at radius 1 is 0.705 bits per heavy atom. The molecule has 2 aromatic carbocycles. The number of hydrogen-bond donors (Lipinski definition) is 6.